The average molecular weight is 297 g/mol. The van der Waals surface area contributed by atoms with Crippen LogP contribution in [0.5, 0.6) is 0 Å². The molecular formula is C13H16FN3O2S. The second-order valence-corrected chi connectivity index (χ2v) is 6.50. The van der Waals surface area contributed by atoms with Crippen LogP contribution in [0.3, 0.4) is 0 Å². The van der Waals surface area contributed by atoms with Crippen molar-refractivity contribution in [1.29, 1.82) is 5.26 Å². The van der Waals surface area contributed by atoms with E-state index >= 15 is 0 Å². The zero-order chi connectivity index (χ0) is 14.6. The largest absolute Gasteiger partial charge is 0.314 e. The van der Waals surface area contributed by atoms with Crippen molar-refractivity contribution in [2.45, 2.75) is 30.2 Å². The fourth-order valence-electron chi connectivity index (χ4n) is 2.21. The molecule has 1 unspecified atom stereocenters. The number of rotatable bonds is 5. The maximum absolute atomic E-state index is 13.2. The van der Waals surface area contributed by atoms with Crippen molar-refractivity contribution in [3.05, 3.63) is 29.6 Å². The van der Waals surface area contributed by atoms with Crippen LogP contribution < -0.4 is 10.0 Å². The third-order valence-corrected chi connectivity index (χ3v) is 4.77. The minimum Gasteiger partial charge on any atom is -0.314 e. The fourth-order valence-corrected chi connectivity index (χ4v) is 3.28. The van der Waals surface area contributed by atoms with Gasteiger partial charge in [-0.3, -0.25) is 0 Å². The van der Waals surface area contributed by atoms with E-state index in [4.69, 9.17) is 5.26 Å². The number of hydrogen-bond donors (Lipinski definition) is 2. The van der Waals surface area contributed by atoms with E-state index in [0.29, 0.717) is 19.0 Å². The maximum Gasteiger partial charge on any atom is 0.240 e. The fraction of sp³-hybridized carbons (Fsp3) is 0.462. The van der Waals surface area contributed by atoms with Crippen molar-refractivity contribution in [1.82, 2.24) is 10.0 Å². The monoisotopic (exact) mass is 297 g/mol. The van der Waals surface area contributed by atoms with E-state index in [9.17, 15) is 12.8 Å². The van der Waals surface area contributed by atoms with Crippen LogP contribution in [0.4, 0.5) is 4.39 Å². The summed E-state index contributed by atoms with van der Waals surface area (Å²) in [6, 6.07) is 5.18. The van der Waals surface area contributed by atoms with Gasteiger partial charge >= 0.3 is 0 Å². The number of nitriles is 1. The highest BCUT2D eigenvalue weighted by Gasteiger charge is 2.18. The van der Waals surface area contributed by atoms with E-state index in [2.05, 4.69) is 10.0 Å². The van der Waals surface area contributed by atoms with Gasteiger partial charge in [0.05, 0.1) is 10.5 Å². The molecule has 2 rings (SSSR count). The second-order valence-electron chi connectivity index (χ2n) is 4.73. The first kappa shape index (κ1) is 14.9. The van der Waals surface area contributed by atoms with Gasteiger partial charge in [0.15, 0.2) is 0 Å². The van der Waals surface area contributed by atoms with Gasteiger partial charge in [0.1, 0.15) is 11.9 Å². The lowest BCUT2D eigenvalue weighted by Gasteiger charge is -2.11. The predicted molar refractivity (Wildman–Crippen MR) is 71.9 cm³/mol. The van der Waals surface area contributed by atoms with Crippen molar-refractivity contribution in [3.8, 4) is 6.07 Å². The van der Waals surface area contributed by atoms with Gasteiger partial charge < -0.3 is 5.32 Å². The average Bonchev–Trinajstić information content (AvgIpc) is 2.92. The minimum absolute atomic E-state index is 0.0881. The third-order valence-electron chi connectivity index (χ3n) is 3.32. The molecular weight excluding hydrogens is 281 g/mol. The molecule has 108 valence electrons. The van der Waals surface area contributed by atoms with E-state index in [1.165, 1.54) is 0 Å². The molecule has 1 aliphatic rings. The lowest BCUT2D eigenvalue weighted by atomic mass is 10.2. The Balaban J connectivity index is 2.00. The zero-order valence-corrected chi connectivity index (χ0v) is 11.7. The number of nitrogens with zero attached hydrogens (tertiary/aromatic N) is 1. The molecule has 1 aliphatic heterocycles. The summed E-state index contributed by atoms with van der Waals surface area (Å²) >= 11 is 0. The number of nitrogens with one attached hydrogen (secondary N) is 2. The number of hydrogen-bond acceptors (Lipinski definition) is 4. The lowest BCUT2D eigenvalue weighted by molar-refractivity contribution is 0.539. The van der Waals surface area contributed by atoms with Crippen LogP contribution in [-0.2, 0) is 10.0 Å². The summed E-state index contributed by atoms with van der Waals surface area (Å²) in [7, 11) is -3.70. The molecule has 0 radical (unpaired) electrons. The molecule has 0 bridgehead atoms. The van der Waals surface area contributed by atoms with E-state index < -0.39 is 15.8 Å². The molecule has 1 atom stereocenters. The first-order valence-electron chi connectivity index (χ1n) is 6.45. The standard InChI is InChI=1S/C13H16FN3O2S/c14-13-4-3-12(8-10(13)9-15)20(18,19)17-7-5-11-2-1-6-16-11/h3-4,8,11,16-17H,1-2,5-7H2. The van der Waals surface area contributed by atoms with Crippen molar-refractivity contribution in [2.75, 3.05) is 13.1 Å². The first-order valence-corrected chi connectivity index (χ1v) is 7.94. The normalized spacial score (nSPS) is 18.9. The smallest absolute Gasteiger partial charge is 0.240 e. The van der Waals surface area contributed by atoms with Crippen molar-refractivity contribution in [2.24, 2.45) is 0 Å². The molecule has 7 heteroatoms. The second kappa shape index (κ2) is 6.31. The number of halogens is 1. The van der Waals surface area contributed by atoms with Gasteiger partial charge in [0, 0.05) is 12.6 Å². The molecule has 1 aromatic carbocycles. The molecule has 1 heterocycles. The van der Waals surface area contributed by atoms with Crippen LogP contribution >= 0.6 is 0 Å². The summed E-state index contributed by atoms with van der Waals surface area (Å²) < 4.78 is 39.7. The van der Waals surface area contributed by atoms with E-state index in [1.807, 2.05) is 0 Å². The Morgan fingerprint density at radius 3 is 2.95 bits per heavy atom. The maximum atomic E-state index is 13.2. The highest BCUT2D eigenvalue weighted by molar-refractivity contribution is 7.89. The predicted octanol–water partition coefficient (Wildman–Crippen LogP) is 1.12. The van der Waals surface area contributed by atoms with Gasteiger partial charge in [-0.05, 0) is 44.0 Å². The molecule has 0 aromatic heterocycles. The molecule has 5 nitrogen and oxygen atoms in total. The van der Waals surface area contributed by atoms with Gasteiger partial charge in [0.25, 0.3) is 0 Å². The summed E-state index contributed by atoms with van der Waals surface area (Å²) in [5.41, 5.74) is -0.273. The van der Waals surface area contributed by atoms with Crippen molar-refractivity contribution >= 4 is 10.0 Å². The topological polar surface area (TPSA) is 82.0 Å². The van der Waals surface area contributed by atoms with Gasteiger partial charge in [-0.25, -0.2) is 17.5 Å². The highest BCUT2D eigenvalue weighted by atomic mass is 32.2. The SMILES string of the molecule is N#Cc1cc(S(=O)(=O)NCCC2CCCN2)ccc1F. The molecule has 0 spiro atoms. The number of sulfonamides is 1. The Labute approximate surface area is 117 Å². The molecule has 1 saturated heterocycles. The summed E-state index contributed by atoms with van der Waals surface area (Å²) in [6.07, 6.45) is 2.88. The summed E-state index contributed by atoms with van der Waals surface area (Å²) in [5, 5.41) is 12.0. The van der Waals surface area contributed by atoms with E-state index in [-0.39, 0.29) is 10.5 Å². The molecule has 0 saturated carbocycles. The summed E-state index contributed by atoms with van der Waals surface area (Å²) in [6.45, 7) is 1.29. The Morgan fingerprint density at radius 2 is 2.30 bits per heavy atom. The molecule has 1 aromatic rings. The van der Waals surface area contributed by atoms with E-state index in [1.54, 1.807) is 6.07 Å². The molecule has 0 aliphatic carbocycles. The minimum atomic E-state index is -3.70. The van der Waals surface area contributed by atoms with Crippen LogP contribution in [-0.4, -0.2) is 27.5 Å². The Kier molecular flexibility index (Phi) is 4.70. The molecule has 20 heavy (non-hydrogen) atoms. The van der Waals surface area contributed by atoms with Crippen molar-refractivity contribution < 1.29 is 12.8 Å². The Hall–Kier alpha value is -1.49. The molecule has 1 fully saturated rings. The molecule has 0 amide bonds. The van der Waals surface area contributed by atoms with Crippen LogP contribution in [0, 0.1) is 17.1 Å². The van der Waals surface area contributed by atoms with Gasteiger partial charge in [-0.15, -0.1) is 0 Å². The van der Waals surface area contributed by atoms with Gasteiger partial charge in [0.2, 0.25) is 10.0 Å². The van der Waals surface area contributed by atoms with Gasteiger partial charge in [-0.2, -0.15) is 5.26 Å². The summed E-state index contributed by atoms with van der Waals surface area (Å²) in [5.74, 6) is -0.721. The van der Waals surface area contributed by atoms with Gasteiger partial charge in [-0.1, -0.05) is 0 Å². The quantitative estimate of drug-likeness (QED) is 0.853. The molecule has 2 N–H and O–H groups in total. The number of benzene rings is 1. The van der Waals surface area contributed by atoms with Crippen LogP contribution in [0.1, 0.15) is 24.8 Å². The lowest BCUT2D eigenvalue weighted by Crippen LogP contribution is -2.30. The first-order chi connectivity index (χ1) is 9.53. The summed E-state index contributed by atoms with van der Waals surface area (Å²) in [4.78, 5) is -0.0881. The Morgan fingerprint density at radius 1 is 1.50 bits per heavy atom. The van der Waals surface area contributed by atoms with Crippen molar-refractivity contribution in [3.63, 3.8) is 0 Å². The van der Waals surface area contributed by atoms with Crippen LogP contribution in [0.25, 0.3) is 0 Å². The zero-order valence-electron chi connectivity index (χ0n) is 10.9. The van der Waals surface area contributed by atoms with Crippen LogP contribution in [0.15, 0.2) is 23.1 Å². The van der Waals surface area contributed by atoms with Crippen LogP contribution in [0.2, 0.25) is 0 Å². The highest BCUT2D eigenvalue weighted by Crippen LogP contribution is 2.15. The Bertz CT molecular complexity index is 619. The third kappa shape index (κ3) is 3.54. The van der Waals surface area contributed by atoms with E-state index in [0.717, 1.165) is 37.6 Å².